The van der Waals surface area contributed by atoms with Gasteiger partial charge in [-0.3, -0.25) is 4.79 Å². The number of esters is 1. The third-order valence-corrected chi connectivity index (χ3v) is 4.30. The molecule has 2 heterocycles. The van der Waals surface area contributed by atoms with Crippen LogP contribution in [0.5, 0.6) is 0 Å². The lowest BCUT2D eigenvalue weighted by Crippen LogP contribution is -2.67. The van der Waals surface area contributed by atoms with Crippen molar-refractivity contribution in [2.75, 3.05) is 6.61 Å². The molecule has 0 unspecified atom stereocenters. The summed E-state index contributed by atoms with van der Waals surface area (Å²) in [5, 5.41) is 20.2. The van der Waals surface area contributed by atoms with Gasteiger partial charge in [-0.05, 0) is 26.0 Å². The van der Waals surface area contributed by atoms with E-state index in [1.807, 2.05) is 0 Å². The number of hydrogen-bond donors (Lipinski definition) is 2. The fourth-order valence-electron chi connectivity index (χ4n) is 3.11. The summed E-state index contributed by atoms with van der Waals surface area (Å²) in [4.78, 5) is 25.8. The van der Waals surface area contributed by atoms with Gasteiger partial charge in [0.15, 0.2) is 12.2 Å². The summed E-state index contributed by atoms with van der Waals surface area (Å²) in [7, 11) is 0. The van der Waals surface area contributed by atoms with E-state index < -0.39 is 42.0 Å². The normalized spacial score (nSPS) is 32.5. The molecule has 1 aromatic rings. The number of nitrogens with zero attached hydrogens (tertiary/aromatic N) is 1. The quantitative estimate of drug-likeness (QED) is 0.739. The van der Waals surface area contributed by atoms with E-state index in [1.165, 1.54) is 4.90 Å². The van der Waals surface area contributed by atoms with Crippen molar-refractivity contribution in [1.82, 2.24) is 4.90 Å². The number of fused-ring (bicyclic) bond motifs is 1. The fraction of sp³-hybridized carbons (Fsp3) is 0.500. The zero-order valence-corrected chi connectivity index (χ0v) is 12.9. The molecule has 7 heteroatoms. The molecular weight excluding hydrogens is 302 g/mol. The maximum absolute atomic E-state index is 12.2. The highest BCUT2D eigenvalue weighted by Crippen LogP contribution is 2.36. The largest absolute Gasteiger partial charge is 0.454 e. The van der Waals surface area contributed by atoms with Crippen molar-refractivity contribution in [3.05, 3.63) is 35.9 Å². The number of amides is 1. The Morgan fingerprint density at radius 2 is 1.96 bits per heavy atom. The molecule has 7 nitrogen and oxygen atoms in total. The Morgan fingerprint density at radius 3 is 2.61 bits per heavy atom. The molecule has 2 aliphatic rings. The highest BCUT2D eigenvalue weighted by Gasteiger charge is 2.57. The molecule has 124 valence electrons. The van der Waals surface area contributed by atoms with Crippen LogP contribution in [0.1, 0.15) is 24.2 Å². The molecule has 0 radical (unpaired) electrons. The van der Waals surface area contributed by atoms with Crippen LogP contribution in [0.25, 0.3) is 0 Å². The van der Waals surface area contributed by atoms with Crippen molar-refractivity contribution in [2.45, 2.75) is 43.9 Å². The van der Waals surface area contributed by atoms with Crippen LogP contribution in [-0.4, -0.2) is 63.7 Å². The Balaban J connectivity index is 1.86. The summed E-state index contributed by atoms with van der Waals surface area (Å²) < 4.78 is 11.0. The van der Waals surface area contributed by atoms with Crippen molar-refractivity contribution >= 4 is 11.9 Å². The van der Waals surface area contributed by atoms with E-state index in [-0.39, 0.29) is 6.61 Å². The highest BCUT2D eigenvalue weighted by molar-refractivity contribution is 5.90. The molecule has 23 heavy (non-hydrogen) atoms. The van der Waals surface area contributed by atoms with E-state index in [2.05, 4.69) is 0 Å². The van der Waals surface area contributed by atoms with Gasteiger partial charge in [-0.25, -0.2) is 4.79 Å². The Hall–Kier alpha value is -1.96. The second kappa shape index (κ2) is 5.59. The van der Waals surface area contributed by atoms with Crippen molar-refractivity contribution in [2.24, 2.45) is 0 Å². The Labute approximate surface area is 133 Å². The van der Waals surface area contributed by atoms with Gasteiger partial charge in [-0.2, -0.15) is 0 Å². The molecule has 1 amide bonds. The zero-order valence-electron chi connectivity index (χ0n) is 12.9. The van der Waals surface area contributed by atoms with Crippen LogP contribution in [0.4, 0.5) is 0 Å². The number of carbonyl (C=O) groups excluding carboxylic acids is 2. The average molecular weight is 321 g/mol. The van der Waals surface area contributed by atoms with Crippen molar-refractivity contribution < 1.29 is 29.3 Å². The Morgan fingerprint density at radius 1 is 1.30 bits per heavy atom. The lowest BCUT2D eigenvalue weighted by Gasteiger charge is -2.44. The number of ether oxygens (including phenoxy) is 2. The number of piperidine rings is 1. The fourth-order valence-corrected chi connectivity index (χ4v) is 3.11. The van der Waals surface area contributed by atoms with E-state index in [9.17, 15) is 19.8 Å². The van der Waals surface area contributed by atoms with Crippen LogP contribution in [-0.2, 0) is 14.3 Å². The molecule has 0 saturated carbocycles. The first-order valence-electron chi connectivity index (χ1n) is 7.42. The lowest BCUT2D eigenvalue weighted by atomic mass is 9.92. The molecule has 2 N–H and O–H groups in total. The van der Waals surface area contributed by atoms with Crippen LogP contribution in [0.15, 0.2) is 30.3 Å². The highest BCUT2D eigenvalue weighted by atomic mass is 16.6. The molecule has 3 rings (SSSR count). The SMILES string of the molecule is CC1(C)OC[C@H]2[C@H](OC(=O)c3ccccc3)[C@H](O)[C@H](O)C(=O)N21. The number of carbonyl (C=O) groups is 2. The molecule has 0 bridgehead atoms. The number of benzene rings is 1. The summed E-state index contributed by atoms with van der Waals surface area (Å²) in [5.41, 5.74) is -0.601. The van der Waals surface area contributed by atoms with Gasteiger partial charge in [0.05, 0.1) is 18.2 Å². The number of aliphatic hydroxyl groups excluding tert-OH is 2. The van der Waals surface area contributed by atoms with Gasteiger partial charge < -0.3 is 24.6 Å². The van der Waals surface area contributed by atoms with Crippen molar-refractivity contribution in [3.8, 4) is 0 Å². The molecular formula is C16H19NO6. The third-order valence-electron chi connectivity index (χ3n) is 4.30. The predicted molar refractivity (Wildman–Crippen MR) is 78.3 cm³/mol. The minimum absolute atomic E-state index is 0.120. The van der Waals surface area contributed by atoms with Crippen LogP contribution in [0.3, 0.4) is 0 Å². The van der Waals surface area contributed by atoms with Crippen LogP contribution in [0.2, 0.25) is 0 Å². The Bertz CT molecular complexity index is 616. The average Bonchev–Trinajstić information content (AvgIpc) is 2.85. The lowest BCUT2D eigenvalue weighted by molar-refractivity contribution is -0.184. The molecule has 2 fully saturated rings. The van der Waals surface area contributed by atoms with E-state index in [1.54, 1.807) is 44.2 Å². The maximum Gasteiger partial charge on any atom is 0.338 e. The first kappa shape index (κ1) is 15.9. The van der Waals surface area contributed by atoms with E-state index in [4.69, 9.17) is 9.47 Å². The van der Waals surface area contributed by atoms with E-state index in [0.717, 1.165) is 0 Å². The molecule has 2 saturated heterocycles. The number of rotatable bonds is 2. The minimum Gasteiger partial charge on any atom is -0.454 e. The molecule has 4 atom stereocenters. The second-order valence-corrected chi connectivity index (χ2v) is 6.20. The molecule has 2 aliphatic heterocycles. The Kier molecular flexibility index (Phi) is 3.87. The summed E-state index contributed by atoms with van der Waals surface area (Å²) in [6, 6.07) is 7.70. The minimum atomic E-state index is -1.65. The standard InChI is InChI=1S/C16H19NO6/c1-16(2)17-10(8-22-16)13(11(18)12(19)14(17)20)23-15(21)9-6-4-3-5-7-9/h3-7,10-13,18-19H,8H2,1-2H3/t10-,11+,12-,13-/m0/s1. The van der Waals surface area contributed by atoms with Crippen molar-refractivity contribution in [3.63, 3.8) is 0 Å². The number of hydrogen-bond acceptors (Lipinski definition) is 6. The van der Waals surface area contributed by atoms with E-state index >= 15 is 0 Å². The van der Waals surface area contributed by atoms with Crippen LogP contribution in [0, 0.1) is 0 Å². The summed E-state index contributed by atoms with van der Waals surface area (Å²) >= 11 is 0. The summed E-state index contributed by atoms with van der Waals surface area (Å²) in [6.07, 6.45) is -4.20. The second-order valence-electron chi connectivity index (χ2n) is 6.20. The van der Waals surface area contributed by atoms with Gasteiger partial charge in [0.1, 0.15) is 11.8 Å². The first-order chi connectivity index (χ1) is 10.8. The summed E-state index contributed by atoms with van der Waals surface area (Å²) in [5.74, 6) is -1.25. The number of aliphatic hydroxyl groups is 2. The van der Waals surface area contributed by atoms with Crippen LogP contribution < -0.4 is 0 Å². The van der Waals surface area contributed by atoms with Gasteiger partial charge in [0.2, 0.25) is 0 Å². The van der Waals surface area contributed by atoms with Gasteiger partial charge in [-0.1, -0.05) is 18.2 Å². The van der Waals surface area contributed by atoms with Crippen molar-refractivity contribution in [1.29, 1.82) is 0 Å². The maximum atomic E-state index is 12.2. The van der Waals surface area contributed by atoms with Crippen LogP contribution >= 0.6 is 0 Å². The molecule has 1 aromatic carbocycles. The first-order valence-corrected chi connectivity index (χ1v) is 7.42. The molecule has 0 aliphatic carbocycles. The third kappa shape index (κ3) is 2.60. The molecule has 0 spiro atoms. The molecule has 0 aromatic heterocycles. The smallest absolute Gasteiger partial charge is 0.338 e. The van der Waals surface area contributed by atoms with Gasteiger partial charge in [-0.15, -0.1) is 0 Å². The monoisotopic (exact) mass is 321 g/mol. The predicted octanol–water partition coefficient (Wildman–Crippen LogP) is -0.0891. The van der Waals surface area contributed by atoms with Gasteiger partial charge in [0, 0.05) is 0 Å². The van der Waals surface area contributed by atoms with E-state index in [0.29, 0.717) is 5.56 Å². The van der Waals surface area contributed by atoms with Gasteiger partial charge >= 0.3 is 5.97 Å². The summed E-state index contributed by atoms with van der Waals surface area (Å²) in [6.45, 7) is 3.49. The topological polar surface area (TPSA) is 96.3 Å². The van der Waals surface area contributed by atoms with Gasteiger partial charge in [0.25, 0.3) is 5.91 Å². The zero-order chi connectivity index (χ0) is 16.8.